The molecule has 0 spiro atoms. The molecule has 0 aliphatic rings. The summed E-state index contributed by atoms with van der Waals surface area (Å²) in [5.41, 5.74) is 1.88. The molecule has 22 heavy (non-hydrogen) atoms. The zero-order valence-corrected chi connectivity index (χ0v) is 13.8. The van der Waals surface area contributed by atoms with Crippen LogP contribution >= 0.6 is 15.9 Å². The summed E-state index contributed by atoms with van der Waals surface area (Å²) in [4.78, 5) is 26.8. The van der Waals surface area contributed by atoms with E-state index < -0.39 is 18.0 Å². The minimum absolute atomic E-state index is 0.0887. The lowest BCUT2D eigenvalue weighted by molar-refractivity contribution is -0.698. The predicted octanol–water partition coefficient (Wildman–Crippen LogP) is 1.83. The number of carbonyl (C=O) groups excluding carboxylic acids is 2. The fraction of sp³-hybridized carbons (Fsp3) is 0.267. The molecule has 1 N–H and O–H groups in total. The lowest BCUT2D eigenvalue weighted by Gasteiger charge is -2.11. The molecule has 6 nitrogen and oxygen atoms in total. The van der Waals surface area contributed by atoms with Gasteiger partial charge in [-0.25, -0.2) is 14.2 Å². The number of nitrogens with zero attached hydrogens (tertiary/aromatic N) is 1. The fourth-order valence-electron chi connectivity index (χ4n) is 1.94. The Labute approximate surface area is 136 Å². The average molecular weight is 368 g/mol. The van der Waals surface area contributed by atoms with Gasteiger partial charge in [0, 0.05) is 4.47 Å². The van der Waals surface area contributed by atoms with Crippen LogP contribution in [0.5, 0.6) is 0 Å². The number of aromatic nitrogens is 2. The maximum absolute atomic E-state index is 12.2. The number of esters is 2. The molecule has 0 saturated heterocycles. The first kappa shape index (κ1) is 16.2. The first-order valence-electron chi connectivity index (χ1n) is 6.56. The Balaban J connectivity index is 2.08. The minimum atomic E-state index is -1.16. The highest BCUT2D eigenvalue weighted by Gasteiger charge is 2.35. The van der Waals surface area contributed by atoms with Gasteiger partial charge in [-0.05, 0) is 24.1 Å². The summed E-state index contributed by atoms with van der Waals surface area (Å²) in [7, 11) is 1.23. The van der Waals surface area contributed by atoms with Gasteiger partial charge in [0.1, 0.15) is 19.0 Å². The number of methoxy groups -OCH3 is 1. The van der Waals surface area contributed by atoms with E-state index in [-0.39, 0.29) is 6.61 Å². The van der Waals surface area contributed by atoms with Crippen molar-refractivity contribution in [2.45, 2.75) is 19.6 Å². The molecule has 1 aromatic carbocycles. The van der Waals surface area contributed by atoms with E-state index in [4.69, 9.17) is 4.74 Å². The minimum Gasteiger partial charge on any atom is -0.465 e. The van der Waals surface area contributed by atoms with Crippen molar-refractivity contribution in [2.75, 3.05) is 7.11 Å². The molecule has 0 aliphatic carbocycles. The van der Waals surface area contributed by atoms with Gasteiger partial charge in [0.15, 0.2) is 0 Å². The third kappa shape index (κ3) is 3.73. The van der Waals surface area contributed by atoms with E-state index in [9.17, 15) is 9.59 Å². The topological polar surface area (TPSA) is 72.3 Å². The number of benzene rings is 1. The van der Waals surface area contributed by atoms with Gasteiger partial charge in [0.2, 0.25) is 6.33 Å². The zero-order chi connectivity index (χ0) is 16.1. The number of imidazole rings is 1. The molecule has 0 saturated carbocycles. The van der Waals surface area contributed by atoms with Crippen molar-refractivity contribution in [3.05, 3.63) is 52.5 Å². The molecule has 1 aromatic heterocycles. The molecule has 1 atom stereocenters. The van der Waals surface area contributed by atoms with Crippen molar-refractivity contribution < 1.29 is 23.6 Å². The number of H-pyrrole nitrogens is 1. The number of aromatic amines is 1. The number of rotatable bonds is 5. The van der Waals surface area contributed by atoms with E-state index in [1.807, 2.05) is 25.1 Å². The maximum atomic E-state index is 12.2. The van der Waals surface area contributed by atoms with Crippen LogP contribution in [0, 0.1) is 6.92 Å². The van der Waals surface area contributed by atoms with Crippen LogP contribution < -0.4 is 4.57 Å². The zero-order valence-electron chi connectivity index (χ0n) is 12.2. The third-order valence-electron chi connectivity index (χ3n) is 3.12. The summed E-state index contributed by atoms with van der Waals surface area (Å²) in [5, 5.41) is 0. The number of hydrogen-bond acceptors (Lipinski definition) is 4. The second-order valence-corrected chi connectivity index (χ2v) is 5.53. The molecule has 7 heteroatoms. The Kier molecular flexibility index (Phi) is 5.32. The lowest BCUT2D eigenvalue weighted by Crippen LogP contribution is -2.48. The van der Waals surface area contributed by atoms with Crippen LogP contribution in [0.4, 0.5) is 0 Å². The number of ether oxygens (including phenoxy) is 2. The molecule has 0 aliphatic heterocycles. The molecule has 0 amide bonds. The van der Waals surface area contributed by atoms with Crippen LogP contribution in [0.3, 0.4) is 0 Å². The Bertz CT molecular complexity index is 670. The molecule has 1 unspecified atom stereocenters. The SMILES string of the molecule is COC(=O)C(C(=O)OCc1ccc(Br)c(C)c1)[n+]1cc[nH]c1. The quantitative estimate of drug-likeness (QED) is 0.497. The number of hydrogen-bond donors (Lipinski definition) is 1. The third-order valence-corrected chi connectivity index (χ3v) is 4.01. The summed E-state index contributed by atoms with van der Waals surface area (Å²) in [6.45, 7) is 2.04. The number of aryl methyl sites for hydroxylation is 1. The van der Waals surface area contributed by atoms with Gasteiger partial charge in [-0.15, -0.1) is 0 Å². The Morgan fingerprint density at radius 1 is 1.36 bits per heavy atom. The first-order chi connectivity index (χ1) is 10.5. The van der Waals surface area contributed by atoms with Crippen LogP contribution in [-0.2, 0) is 25.7 Å². The number of halogens is 1. The highest BCUT2D eigenvalue weighted by molar-refractivity contribution is 9.10. The van der Waals surface area contributed by atoms with E-state index >= 15 is 0 Å². The molecule has 0 radical (unpaired) electrons. The predicted molar refractivity (Wildman–Crippen MR) is 80.7 cm³/mol. The summed E-state index contributed by atoms with van der Waals surface area (Å²) in [5.74, 6) is -1.35. The van der Waals surface area contributed by atoms with E-state index in [1.54, 1.807) is 12.4 Å². The highest BCUT2D eigenvalue weighted by Crippen LogP contribution is 2.18. The van der Waals surface area contributed by atoms with E-state index in [2.05, 4.69) is 25.7 Å². The largest absolute Gasteiger partial charge is 0.465 e. The van der Waals surface area contributed by atoms with Gasteiger partial charge in [-0.1, -0.05) is 28.1 Å². The average Bonchev–Trinajstić information content (AvgIpc) is 3.02. The molecule has 1 heterocycles. The molecule has 116 valence electrons. The number of nitrogens with one attached hydrogen (secondary N) is 1. The van der Waals surface area contributed by atoms with Crippen molar-refractivity contribution in [1.29, 1.82) is 0 Å². The van der Waals surface area contributed by atoms with Gasteiger partial charge in [0.05, 0.1) is 7.11 Å². The Hall–Kier alpha value is -2.15. The maximum Gasteiger partial charge on any atom is 0.364 e. The summed E-state index contributed by atoms with van der Waals surface area (Å²) in [6, 6.07) is 4.49. The van der Waals surface area contributed by atoms with Crippen molar-refractivity contribution in [1.82, 2.24) is 4.98 Å². The van der Waals surface area contributed by atoms with Gasteiger partial charge in [-0.2, -0.15) is 0 Å². The molecule has 2 aromatic rings. The first-order valence-corrected chi connectivity index (χ1v) is 7.35. The van der Waals surface area contributed by atoms with E-state index in [1.165, 1.54) is 18.0 Å². The molecule has 0 fully saturated rings. The van der Waals surface area contributed by atoms with Gasteiger partial charge >= 0.3 is 11.9 Å². The highest BCUT2D eigenvalue weighted by atomic mass is 79.9. The van der Waals surface area contributed by atoms with Gasteiger partial charge < -0.3 is 9.47 Å². The van der Waals surface area contributed by atoms with Crippen LogP contribution in [-0.4, -0.2) is 24.0 Å². The monoisotopic (exact) mass is 367 g/mol. The van der Waals surface area contributed by atoms with E-state index in [0.717, 1.165) is 15.6 Å². The van der Waals surface area contributed by atoms with Crippen molar-refractivity contribution >= 4 is 27.9 Å². The summed E-state index contributed by atoms with van der Waals surface area (Å²) in [6.07, 6.45) is 4.65. The Morgan fingerprint density at radius 3 is 2.73 bits per heavy atom. The molecular formula is C15H16BrN2O4+. The number of carbonyl (C=O) groups is 2. The van der Waals surface area contributed by atoms with Crippen LogP contribution in [0.15, 0.2) is 41.4 Å². The lowest BCUT2D eigenvalue weighted by atomic mass is 10.1. The van der Waals surface area contributed by atoms with Gasteiger partial charge in [0.25, 0.3) is 6.04 Å². The van der Waals surface area contributed by atoms with Crippen LogP contribution in [0.25, 0.3) is 0 Å². The van der Waals surface area contributed by atoms with Crippen LogP contribution in [0.1, 0.15) is 17.2 Å². The van der Waals surface area contributed by atoms with Crippen molar-refractivity contribution in [3.8, 4) is 0 Å². The normalized spacial score (nSPS) is 11.8. The van der Waals surface area contributed by atoms with Crippen LogP contribution in [0.2, 0.25) is 0 Å². The van der Waals surface area contributed by atoms with Crippen molar-refractivity contribution in [2.24, 2.45) is 0 Å². The van der Waals surface area contributed by atoms with Gasteiger partial charge in [-0.3, -0.25) is 4.98 Å². The Morgan fingerprint density at radius 2 is 2.14 bits per heavy atom. The summed E-state index contributed by atoms with van der Waals surface area (Å²) < 4.78 is 12.3. The standard InChI is InChI=1S/C15H15BrN2O4/c1-10-7-11(3-4-12(10)16)8-22-15(20)13(14(19)21-2)18-6-5-17-9-18/h3-7,9,13H,8H2,1-2H3/p+1. The molecule has 2 rings (SSSR count). The molecular weight excluding hydrogens is 352 g/mol. The van der Waals surface area contributed by atoms with Crippen molar-refractivity contribution in [3.63, 3.8) is 0 Å². The smallest absolute Gasteiger partial charge is 0.364 e. The second-order valence-electron chi connectivity index (χ2n) is 4.68. The second kappa shape index (κ2) is 7.22. The molecule has 0 bridgehead atoms. The summed E-state index contributed by atoms with van der Waals surface area (Å²) >= 11 is 3.41. The van der Waals surface area contributed by atoms with E-state index in [0.29, 0.717) is 0 Å². The fourth-order valence-corrected chi connectivity index (χ4v) is 2.19.